The maximum Gasteiger partial charge on any atom is 0.270 e. The molecule has 24 heavy (non-hydrogen) atoms. The highest BCUT2D eigenvalue weighted by Gasteiger charge is 2.32. The van der Waals surface area contributed by atoms with Gasteiger partial charge < -0.3 is 16.0 Å². The van der Waals surface area contributed by atoms with E-state index in [-0.39, 0.29) is 30.1 Å². The molecule has 3 N–H and O–H groups in total. The molecule has 1 aliphatic rings. The third-order valence-corrected chi connectivity index (χ3v) is 3.85. The second-order valence-electron chi connectivity index (χ2n) is 5.46. The second kappa shape index (κ2) is 7.53. The summed E-state index contributed by atoms with van der Waals surface area (Å²) in [6, 6.07) is 4.75. The average Bonchev–Trinajstić information content (AvgIpc) is 3.04. The molecule has 1 saturated heterocycles. The van der Waals surface area contributed by atoms with Crippen LogP contribution in [0.2, 0.25) is 0 Å². The standard InChI is InChI=1S/C15H18N4O5/c16-14(21)12-5-2-8-18(12)13(20)6-7-17-15(22)10-3-1-4-11(9-10)19(23)24/h1,3-4,9,12H,2,5-8H2,(H2,16,21)(H,17,22). The molecule has 3 amide bonds. The summed E-state index contributed by atoms with van der Waals surface area (Å²) < 4.78 is 0. The van der Waals surface area contributed by atoms with E-state index in [0.717, 1.165) is 6.42 Å². The highest BCUT2D eigenvalue weighted by Crippen LogP contribution is 2.17. The molecule has 1 unspecified atom stereocenters. The van der Waals surface area contributed by atoms with Crippen LogP contribution >= 0.6 is 0 Å². The number of nitrogens with two attached hydrogens (primary N) is 1. The fourth-order valence-electron chi connectivity index (χ4n) is 2.65. The molecule has 9 nitrogen and oxygen atoms in total. The summed E-state index contributed by atoms with van der Waals surface area (Å²) in [6.07, 6.45) is 1.31. The first kappa shape index (κ1) is 17.4. The van der Waals surface area contributed by atoms with E-state index in [9.17, 15) is 24.5 Å². The van der Waals surface area contributed by atoms with Crippen molar-refractivity contribution in [3.8, 4) is 0 Å². The summed E-state index contributed by atoms with van der Waals surface area (Å²) in [6.45, 7) is 0.549. The zero-order chi connectivity index (χ0) is 17.7. The summed E-state index contributed by atoms with van der Waals surface area (Å²) in [5.41, 5.74) is 5.23. The minimum Gasteiger partial charge on any atom is -0.368 e. The van der Waals surface area contributed by atoms with Gasteiger partial charge in [-0.1, -0.05) is 6.07 Å². The molecule has 0 spiro atoms. The minimum absolute atomic E-state index is 0.0322. The Morgan fingerprint density at radius 1 is 1.38 bits per heavy atom. The van der Waals surface area contributed by atoms with Crippen LogP contribution in [0, 0.1) is 10.1 Å². The highest BCUT2D eigenvalue weighted by atomic mass is 16.6. The van der Waals surface area contributed by atoms with Gasteiger partial charge in [-0.25, -0.2) is 0 Å². The summed E-state index contributed by atoms with van der Waals surface area (Å²) in [7, 11) is 0. The number of likely N-dealkylation sites (tertiary alicyclic amines) is 1. The van der Waals surface area contributed by atoms with Gasteiger partial charge in [0.25, 0.3) is 11.6 Å². The molecule has 128 valence electrons. The number of rotatable bonds is 6. The number of non-ortho nitro benzene ring substituents is 1. The Morgan fingerprint density at radius 3 is 2.79 bits per heavy atom. The monoisotopic (exact) mass is 334 g/mol. The van der Waals surface area contributed by atoms with Gasteiger partial charge in [-0.3, -0.25) is 24.5 Å². The number of hydrogen-bond donors (Lipinski definition) is 2. The molecule has 9 heteroatoms. The van der Waals surface area contributed by atoms with E-state index >= 15 is 0 Å². The number of carbonyl (C=O) groups excluding carboxylic acids is 3. The number of nitrogens with zero attached hydrogens (tertiary/aromatic N) is 2. The molecule has 0 saturated carbocycles. The van der Waals surface area contributed by atoms with Gasteiger partial charge >= 0.3 is 0 Å². The molecular formula is C15H18N4O5. The molecule has 1 heterocycles. The molecule has 1 aromatic carbocycles. The Morgan fingerprint density at radius 2 is 2.12 bits per heavy atom. The van der Waals surface area contributed by atoms with Crippen LogP contribution in [-0.2, 0) is 9.59 Å². The van der Waals surface area contributed by atoms with Crippen molar-refractivity contribution in [1.29, 1.82) is 0 Å². The molecule has 0 aliphatic carbocycles. The Bertz CT molecular complexity index is 676. The lowest BCUT2D eigenvalue weighted by Crippen LogP contribution is -2.44. The van der Waals surface area contributed by atoms with Gasteiger partial charge in [0.2, 0.25) is 11.8 Å². The number of primary amides is 1. The normalized spacial score (nSPS) is 16.7. The quantitative estimate of drug-likeness (QED) is 0.565. The van der Waals surface area contributed by atoms with Gasteiger partial charge in [0.05, 0.1) is 4.92 Å². The van der Waals surface area contributed by atoms with Crippen LogP contribution in [0.1, 0.15) is 29.6 Å². The van der Waals surface area contributed by atoms with Crippen molar-refractivity contribution >= 4 is 23.4 Å². The topological polar surface area (TPSA) is 136 Å². The van der Waals surface area contributed by atoms with Gasteiger partial charge in [-0.15, -0.1) is 0 Å². The fraction of sp³-hybridized carbons (Fsp3) is 0.400. The Kier molecular flexibility index (Phi) is 5.46. The van der Waals surface area contributed by atoms with Crippen LogP contribution in [-0.4, -0.2) is 46.7 Å². The molecular weight excluding hydrogens is 316 g/mol. The molecule has 1 aliphatic heterocycles. The van der Waals surface area contributed by atoms with Crippen LogP contribution in [0.25, 0.3) is 0 Å². The van der Waals surface area contributed by atoms with E-state index in [1.807, 2.05) is 0 Å². The number of nitro benzene ring substituents is 1. The van der Waals surface area contributed by atoms with E-state index in [0.29, 0.717) is 13.0 Å². The van der Waals surface area contributed by atoms with Crippen molar-refractivity contribution in [2.24, 2.45) is 5.73 Å². The summed E-state index contributed by atoms with van der Waals surface area (Å²) in [4.78, 5) is 46.9. The highest BCUT2D eigenvalue weighted by molar-refractivity contribution is 5.95. The van der Waals surface area contributed by atoms with Crippen LogP contribution in [0.15, 0.2) is 24.3 Å². The Labute approximate surface area is 137 Å². The van der Waals surface area contributed by atoms with Crippen molar-refractivity contribution in [3.05, 3.63) is 39.9 Å². The first-order valence-electron chi connectivity index (χ1n) is 7.51. The lowest BCUT2D eigenvalue weighted by atomic mass is 10.2. The third-order valence-electron chi connectivity index (χ3n) is 3.85. The minimum atomic E-state index is -0.586. The van der Waals surface area contributed by atoms with Crippen LogP contribution in [0.4, 0.5) is 5.69 Å². The maximum absolute atomic E-state index is 12.1. The SMILES string of the molecule is NC(=O)C1CCCN1C(=O)CCNC(=O)c1cccc([N+](=O)[O-])c1. The third kappa shape index (κ3) is 4.06. The Hall–Kier alpha value is -2.97. The van der Waals surface area contributed by atoms with Crippen molar-refractivity contribution in [2.75, 3.05) is 13.1 Å². The molecule has 0 radical (unpaired) electrons. The van der Waals surface area contributed by atoms with E-state index in [4.69, 9.17) is 5.73 Å². The molecule has 1 aromatic rings. The summed E-state index contributed by atoms with van der Waals surface area (Å²) >= 11 is 0. The lowest BCUT2D eigenvalue weighted by Gasteiger charge is -2.22. The largest absolute Gasteiger partial charge is 0.368 e. The van der Waals surface area contributed by atoms with Crippen molar-refractivity contribution in [1.82, 2.24) is 10.2 Å². The maximum atomic E-state index is 12.1. The fourth-order valence-corrected chi connectivity index (χ4v) is 2.65. The van der Waals surface area contributed by atoms with Crippen LogP contribution < -0.4 is 11.1 Å². The predicted octanol–water partition coefficient (Wildman–Crippen LogP) is 0.191. The van der Waals surface area contributed by atoms with E-state index < -0.39 is 22.8 Å². The molecule has 1 atom stereocenters. The molecule has 1 fully saturated rings. The van der Waals surface area contributed by atoms with Gasteiger partial charge in [0.1, 0.15) is 6.04 Å². The van der Waals surface area contributed by atoms with Gasteiger partial charge in [0.15, 0.2) is 0 Å². The van der Waals surface area contributed by atoms with Crippen molar-refractivity contribution in [2.45, 2.75) is 25.3 Å². The van der Waals surface area contributed by atoms with Crippen LogP contribution in [0.5, 0.6) is 0 Å². The van der Waals surface area contributed by atoms with Gasteiger partial charge in [0, 0.05) is 37.2 Å². The van der Waals surface area contributed by atoms with E-state index in [1.54, 1.807) is 0 Å². The summed E-state index contributed by atoms with van der Waals surface area (Å²) in [5, 5.41) is 13.2. The Balaban J connectivity index is 1.86. The number of nitrogens with one attached hydrogen (secondary N) is 1. The smallest absolute Gasteiger partial charge is 0.270 e. The van der Waals surface area contributed by atoms with E-state index in [1.165, 1.54) is 29.2 Å². The van der Waals surface area contributed by atoms with E-state index in [2.05, 4.69) is 5.32 Å². The van der Waals surface area contributed by atoms with Gasteiger partial charge in [-0.05, 0) is 18.9 Å². The number of hydrogen-bond acceptors (Lipinski definition) is 5. The number of amides is 3. The van der Waals surface area contributed by atoms with Crippen molar-refractivity contribution in [3.63, 3.8) is 0 Å². The number of benzene rings is 1. The number of carbonyl (C=O) groups is 3. The van der Waals surface area contributed by atoms with Gasteiger partial charge in [-0.2, -0.15) is 0 Å². The zero-order valence-electron chi connectivity index (χ0n) is 12.9. The lowest BCUT2D eigenvalue weighted by molar-refractivity contribution is -0.384. The molecule has 0 aromatic heterocycles. The molecule has 2 rings (SSSR count). The second-order valence-corrected chi connectivity index (χ2v) is 5.46. The van der Waals surface area contributed by atoms with Crippen molar-refractivity contribution < 1.29 is 19.3 Å². The average molecular weight is 334 g/mol. The predicted molar refractivity (Wildman–Crippen MR) is 84.0 cm³/mol. The summed E-state index contributed by atoms with van der Waals surface area (Å²) in [5.74, 6) is -1.28. The van der Waals surface area contributed by atoms with Crippen LogP contribution in [0.3, 0.4) is 0 Å². The zero-order valence-corrected chi connectivity index (χ0v) is 12.9. The number of nitro groups is 1. The first-order valence-corrected chi connectivity index (χ1v) is 7.51. The molecule has 0 bridgehead atoms. The first-order chi connectivity index (χ1) is 11.4.